The van der Waals surface area contributed by atoms with Crippen LogP contribution in [0.15, 0.2) is 58.7 Å². The normalized spacial score (nSPS) is 19.2. The predicted molar refractivity (Wildman–Crippen MR) is 95.8 cm³/mol. The summed E-state index contributed by atoms with van der Waals surface area (Å²) in [5.74, 6) is -0.441. The van der Waals surface area contributed by atoms with Gasteiger partial charge in [0.05, 0.1) is 11.5 Å². The fourth-order valence-electron chi connectivity index (χ4n) is 2.36. The van der Waals surface area contributed by atoms with Crippen molar-refractivity contribution in [2.75, 3.05) is 0 Å². The van der Waals surface area contributed by atoms with Gasteiger partial charge in [-0.15, -0.1) is 5.10 Å². The molecule has 2 aromatic carbocycles. The molecule has 4 nitrogen and oxygen atoms in total. The summed E-state index contributed by atoms with van der Waals surface area (Å²) in [6, 6.07) is 14.4. The third kappa shape index (κ3) is 4.08. The number of thioether (sulfide) groups is 1. The molecule has 6 heteroatoms. The number of carbonyl (C=O) groups excluding carboxylic acids is 1. The Bertz CT molecular complexity index is 819. The lowest BCUT2D eigenvalue weighted by molar-refractivity contribution is -0.118. The molecule has 3 rings (SSSR count). The van der Waals surface area contributed by atoms with Gasteiger partial charge in [0.1, 0.15) is 5.82 Å². The Balaban J connectivity index is 1.65. The Morgan fingerprint density at radius 3 is 2.88 bits per heavy atom. The average Bonchev–Trinajstić information content (AvgIpc) is 2.89. The van der Waals surface area contributed by atoms with E-state index in [0.717, 1.165) is 5.56 Å². The third-order valence-corrected chi connectivity index (χ3v) is 4.60. The number of amidine groups is 1. The standard InChI is InChI=1S/C18H16FN3OS/c1-12-5-4-6-13(9-12)10-16-17(23)21-18(24-16)22-20-11-14-7-2-3-8-15(14)19/h2-9,11,16H,10H2,1H3,(H,21,22,23)/b20-11-/t16-/m0/s1. The van der Waals surface area contributed by atoms with E-state index in [1.165, 1.54) is 29.6 Å². The maximum absolute atomic E-state index is 13.5. The van der Waals surface area contributed by atoms with E-state index in [4.69, 9.17) is 0 Å². The number of hydrogen-bond acceptors (Lipinski definition) is 4. The molecule has 1 amide bonds. The van der Waals surface area contributed by atoms with Crippen LogP contribution in [0.25, 0.3) is 0 Å². The van der Waals surface area contributed by atoms with Gasteiger partial charge in [-0.1, -0.05) is 59.8 Å². The van der Waals surface area contributed by atoms with Gasteiger partial charge < -0.3 is 5.32 Å². The SMILES string of the molecule is Cc1cccc(C[C@@H]2S/C(=N/N=C\c3ccccc3F)NC2=O)c1. The van der Waals surface area contributed by atoms with E-state index in [0.29, 0.717) is 17.2 Å². The van der Waals surface area contributed by atoms with E-state index in [2.05, 4.69) is 21.6 Å². The summed E-state index contributed by atoms with van der Waals surface area (Å²) < 4.78 is 13.5. The molecule has 0 radical (unpaired) electrons. The number of hydrogen-bond donors (Lipinski definition) is 1. The Labute approximate surface area is 143 Å². The largest absolute Gasteiger partial charge is 0.303 e. The molecule has 1 fully saturated rings. The molecule has 1 N–H and O–H groups in total. The van der Waals surface area contributed by atoms with Crippen LogP contribution in [0.5, 0.6) is 0 Å². The first kappa shape index (κ1) is 16.4. The fourth-order valence-corrected chi connectivity index (χ4v) is 3.33. The summed E-state index contributed by atoms with van der Waals surface area (Å²) in [5.41, 5.74) is 2.63. The van der Waals surface area contributed by atoms with Crippen LogP contribution in [0.4, 0.5) is 4.39 Å². The van der Waals surface area contributed by atoms with Gasteiger partial charge in [-0.2, -0.15) is 5.10 Å². The maximum Gasteiger partial charge on any atom is 0.239 e. The monoisotopic (exact) mass is 341 g/mol. The van der Waals surface area contributed by atoms with Crippen LogP contribution < -0.4 is 5.32 Å². The highest BCUT2D eigenvalue weighted by Crippen LogP contribution is 2.23. The number of nitrogens with one attached hydrogen (secondary N) is 1. The van der Waals surface area contributed by atoms with Crippen LogP contribution in [-0.4, -0.2) is 22.5 Å². The molecule has 1 aliphatic heterocycles. The quantitative estimate of drug-likeness (QED) is 0.685. The van der Waals surface area contributed by atoms with Gasteiger partial charge in [0, 0.05) is 5.56 Å². The van der Waals surface area contributed by atoms with E-state index in [1.54, 1.807) is 18.2 Å². The molecule has 0 bridgehead atoms. The number of nitrogens with zero attached hydrogens (tertiary/aromatic N) is 2. The number of carbonyl (C=O) groups is 1. The van der Waals surface area contributed by atoms with E-state index in [1.807, 2.05) is 25.1 Å². The molecule has 0 aromatic heterocycles. The Hall–Kier alpha value is -2.47. The second-order valence-electron chi connectivity index (χ2n) is 5.46. The first-order valence-corrected chi connectivity index (χ1v) is 8.38. The highest BCUT2D eigenvalue weighted by Gasteiger charge is 2.30. The van der Waals surface area contributed by atoms with Gasteiger partial charge in [0.25, 0.3) is 0 Å². The number of amides is 1. The zero-order chi connectivity index (χ0) is 16.9. The average molecular weight is 341 g/mol. The second kappa shape index (κ2) is 7.40. The molecule has 0 aliphatic carbocycles. The fraction of sp³-hybridized carbons (Fsp3) is 0.167. The molecular formula is C18H16FN3OS. The van der Waals surface area contributed by atoms with Gasteiger partial charge in [-0.05, 0) is 25.0 Å². The van der Waals surface area contributed by atoms with Crippen LogP contribution in [0, 0.1) is 12.7 Å². The van der Waals surface area contributed by atoms with Crippen LogP contribution in [0.3, 0.4) is 0 Å². The van der Waals surface area contributed by atoms with E-state index < -0.39 is 0 Å². The van der Waals surface area contributed by atoms with Gasteiger partial charge in [-0.25, -0.2) is 4.39 Å². The van der Waals surface area contributed by atoms with E-state index in [-0.39, 0.29) is 17.0 Å². The van der Waals surface area contributed by atoms with Crippen molar-refractivity contribution in [1.29, 1.82) is 0 Å². The summed E-state index contributed by atoms with van der Waals surface area (Å²) >= 11 is 1.34. The van der Waals surface area contributed by atoms with Crippen molar-refractivity contribution in [1.82, 2.24) is 5.32 Å². The molecule has 0 saturated carbocycles. The van der Waals surface area contributed by atoms with E-state index >= 15 is 0 Å². The number of halogens is 1. The van der Waals surface area contributed by atoms with Crippen LogP contribution in [0.1, 0.15) is 16.7 Å². The van der Waals surface area contributed by atoms with Gasteiger partial charge in [-0.3, -0.25) is 4.79 Å². The molecule has 0 spiro atoms. The molecule has 2 aromatic rings. The molecule has 122 valence electrons. The van der Waals surface area contributed by atoms with Gasteiger partial charge in [0.15, 0.2) is 5.17 Å². The zero-order valence-electron chi connectivity index (χ0n) is 13.1. The highest BCUT2D eigenvalue weighted by atomic mass is 32.2. The van der Waals surface area contributed by atoms with Gasteiger partial charge >= 0.3 is 0 Å². The number of rotatable bonds is 4. The molecule has 0 unspecified atom stereocenters. The van der Waals surface area contributed by atoms with Crippen LogP contribution >= 0.6 is 11.8 Å². The predicted octanol–water partition coefficient (Wildman–Crippen LogP) is 3.30. The first-order valence-electron chi connectivity index (χ1n) is 7.50. The first-order chi connectivity index (χ1) is 11.6. The van der Waals surface area contributed by atoms with E-state index in [9.17, 15) is 9.18 Å². The number of aryl methyl sites for hydroxylation is 1. The lowest BCUT2D eigenvalue weighted by Gasteiger charge is -2.05. The third-order valence-electron chi connectivity index (χ3n) is 3.53. The summed E-state index contributed by atoms with van der Waals surface area (Å²) in [6.07, 6.45) is 1.97. The molecule has 1 aliphatic rings. The summed E-state index contributed by atoms with van der Waals surface area (Å²) in [4.78, 5) is 12.0. The Morgan fingerprint density at radius 1 is 1.25 bits per heavy atom. The van der Waals surface area contributed by atoms with Crippen molar-refractivity contribution in [2.24, 2.45) is 10.2 Å². The summed E-state index contributed by atoms with van der Waals surface area (Å²) in [7, 11) is 0. The van der Waals surface area contributed by atoms with Crippen LogP contribution in [0.2, 0.25) is 0 Å². The van der Waals surface area contributed by atoms with Crippen LogP contribution in [-0.2, 0) is 11.2 Å². The molecule has 1 heterocycles. The zero-order valence-corrected chi connectivity index (χ0v) is 13.9. The Morgan fingerprint density at radius 2 is 2.08 bits per heavy atom. The van der Waals surface area contributed by atoms with Gasteiger partial charge in [0.2, 0.25) is 5.91 Å². The molecular weight excluding hydrogens is 325 g/mol. The molecule has 1 atom stereocenters. The summed E-state index contributed by atoms with van der Waals surface area (Å²) in [5, 5.41) is 10.7. The minimum Gasteiger partial charge on any atom is -0.303 e. The van der Waals surface area contributed by atoms with Crippen molar-refractivity contribution in [3.63, 3.8) is 0 Å². The van der Waals surface area contributed by atoms with Crippen molar-refractivity contribution >= 4 is 29.1 Å². The second-order valence-corrected chi connectivity index (χ2v) is 6.65. The van der Waals surface area contributed by atoms with Crippen molar-refractivity contribution in [2.45, 2.75) is 18.6 Å². The minimum absolute atomic E-state index is 0.0821. The molecule has 1 saturated heterocycles. The maximum atomic E-state index is 13.5. The lowest BCUT2D eigenvalue weighted by atomic mass is 10.1. The van der Waals surface area contributed by atoms with Crippen molar-refractivity contribution in [3.05, 3.63) is 71.0 Å². The lowest BCUT2D eigenvalue weighted by Crippen LogP contribution is -2.25. The topological polar surface area (TPSA) is 53.8 Å². The minimum atomic E-state index is -0.359. The smallest absolute Gasteiger partial charge is 0.239 e. The molecule has 24 heavy (non-hydrogen) atoms. The summed E-state index contributed by atoms with van der Waals surface area (Å²) in [6.45, 7) is 2.02. The van der Waals surface area contributed by atoms with Crippen molar-refractivity contribution < 1.29 is 9.18 Å². The highest BCUT2D eigenvalue weighted by molar-refractivity contribution is 8.15. The van der Waals surface area contributed by atoms with Crippen molar-refractivity contribution in [3.8, 4) is 0 Å². The Kier molecular flexibility index (Phi) is 5.05. The number of benzene rings is 2.